The molecule has 4 saturated carbocycles. The molecule has 28 heteroatoms. The number of primary amides is 1. The monoisotopic (exact) mass is 1410 g/mol. The topological polar surface area (TPSA) is 343 Å². The summed E-state index contributed by atoms with van der Waals surface area (Å²) in [6, 6.07) is 14.1. The van der Waals surface area contributed by atoms with Gasteiger partial charge >= 0.3 is 24.2 Å². The fraction of sp³-hybridized carbons (Fsp3) is 0.575. The number of carbonyl (C=O) groups is 6. The molecule has 544 valence electrons. The number of ether oxygens (including phenoxy) is 5. The van der Waals surface area contributed by atoms with Crippen molar-refractivity contribution in [1.82, 2.24) is 56.1 Å². The van der Waals surface area contributed by atoms with E-state index in [4.69, 9.17) is 49.6 Å². The second kappa shape index (κ2) is 29.8. The predicted molar refractivity (Wildman–Crippen MR) is 383 cm³/mol. The van der Waals surface area contributed by atoms with Crippen LogP contribution >= 0.6 is 11.3 Å². The number of carboxylic acid groups (broad SMARTS) is 1. The molecule has 6 aliphatic rings. The Morgan fingerprint density at radius 3 is 2.35 bits per heavy atom. The number of anilines is 5. The van der Waals surface area contributed by atoms with Crippen LogP contribution in [-0.2, 0) is 59.4 Å². The summed E-state index contributed by atoms with van der Waals surface area (Å²) in [5.41, 5.74) is 10.5. The molecule has 2 aliphatic heterocycles. The molecule has 4 aliphatic carbocycles. The van der Waals surface area contributed by atoms with Gasteiger partial charge in [-0.05, 0) is 196 Å². The number of carboxylic acids is 1. The maximum atomic E-state index is 14.5. The van der Waals surface area contributed by atoms with Crippen LogP contribution in [0.1, 0.15) is 165 Å². The highest BCUT2D eigenvalue weighted by Gasteiger charge is 2.66. The van der Waals surface area contributed by atoms with E-state index in [1.807, 2.05) is 69.0 Å². The molecule has 4 aromatic heterocycles. The van der Waals surface area contributed by atoms with Gasteiger partial charge in [0.05, 0.1) is 41.3 Å². The number of aromatic nitrogens is 6. The predicted octanol–water partition coefficient (Wildman–Crippen LogP) is 10.9. The minimum Gasteiger partial charge on any atom is -0.476 e. The summed E-state index contributed by atoms with van der Waals surface area (Å²) in [5.74, 6) is -1.65. The molecule has 12 rings (SSSR count). The van der Waals surface area contributed by atoms with E-state index in [1.54, 1.807) is 82.3 Å². The Morgan fingerprint density at radius 2 is 1.65 bits per heavy atom. The number of aromatic carboxylic acids is 1. The number of para-hydroxylation sites is 1. The first-order valence-corrected chi connectivity index (χ1v) is 35.9. The number of urea groups is 1. The molecule has 9 N–H and O–H groups in total. The molecule has 27 nitrogen and oxygen atoms in total. The molecule has 6 aromatic rings. The summed E-state index contributed by atoms with van der Waals surface area (Å²) in [6.07, 6.45) is 8.30. The Kier molecular flexibility index (Phi) is 21.7. The Bertz CT molecular complexity index is 4020. The van der Waals surface area contributed by atoms with Crippen LogP contribution in [0.5, 0.6) is 0 Å². The molecule has 2 unspecified atom stereocenters. The van der Waals surface area contributed by atoms with Gasteiger partial charge in [0.15, 0.2) is 28.2 Å². The van der Waals surface area contributed by atoms with Gasteiger partial charge in [0, 0.05) is 72.9 Å². The molecular weight excluding hydrogens is 1310 g/mol. The zero-order valence-electron chi connectivity index (χ0n) is 60.2. The fourth-order valence-electron chi connectivity index (χ4n) is 16.8. The fourth-order valence-corrected chi connectivity index (χ4v) is 17.7. The number of pyridine rings is 1. The van der Waals surface area contributed by atoms with Crippen LogP contribution in [0.3, 0.4) is 0 Å². The lowest BCUT2D eigenvalue weighted by Gasteiger charge is -2.69. The third-order valence-corrected chi connectivity index (χ3v) is 21.0. The van der Waals surface area contributed by atoms with Crippen molar-refractivity contribution in [2.45, 2.75) is 202 Å². The van der Waals surface area contributed by atoms with Crippen LogP contribution in [0, 0.1) is 36.0 Å². The Hall–Kier alpha value is -8.57. The van der Waals surface area contributed by atoms with Crippen molar-refractivity contribution >= 4 is 85.8 Å². The minimum atomic E-state index is -1.15. The molecule has 5 atom stereocenters. The van der Waals surface area contributed by atoms with E-state index in [-0.39, 0.29) is 66.7 Å². The van der Waals surface area contributed by atoms with Crippen LogP contribution in [0.4, 0.5) is 42.7 Å². The summed E-state index contributed by atoms with van der Waals surface area (Å²) in [7, 11) is 1.78. The number of benzene rings is 2. The summed E-state index contributed by atoms with van der Waals surface area (Å²) < 4.78 is 34.1. The summed E-state index contributed by atoms with van der Waals surface area (Å²) >= 11 is 1.55. The summed E-state index contributed by atoms with van der Waals surface area (Å²) in [4.78, 5) is 93.2. The highest BCUT2D eigenvalue weighted by Crippen LogP contribution is 2.72. The Balaban J connectivity index is 0.759. The minimum absolute atomic E-state index is 0.0233. The van der Waals surface area contributed by atoms with Crippen molar-refractivity contribution in [2.75, 3.05) is 62.0 Å². The van der Waals surface area contributed by atoms with Gasteiger partial charge in [-0.3, -0.25) is 14.3 Å². The van der Waals surface area contributed by atoms with Crippen molar-refractivity contribution in [1.29, 1.82) is 0 Å². The number of alkyl carbamates (subject to hydrolysis) is 1. The molecule has 1 saturated heterocycles. The first kappa shape index (κ1) is 73.6. The quantitative estimate of drug-likeness (QED) is 0.0212. The standard InChI is InChI=1S/C73H99N15O12S/c1-43(2)57(82-66(94)100-68(5,6)7)62(90)79-54(19-15-26-76-64(74)93)61(89)78-48-22-21-46(47(31-48)32-75-12)34-96-67(95)86(28-25-49-35-98-69(8,9)99-49)29-30-97-73-39-70(10)36-71(11,40-73)38-72(37-70,41-73)42-88-45(4)52(33-77-88)51-23-24-56(81-58(51)63(91)92)87-27-16-17-50-44(3)59(84-85-60(50)87)83-65-80-53-18-13-14-20-55(53)101-65/h13-14,18,20-24,31,33,43,49,54,57,75H,15-17,19,25-30,32,34-42H2,1-12H3,(H,78,89)(H,79,90)(H,82,94)(H,91,92)(H3,74,76,93)(H,80,83,84)/t49-,54-,57-,70?,71?,72?,73?/m0/s1. The van der Waals surface area contributed by atoms with Crippen molar-refractivity contribution < 1.29 is 57.6 Å². The zero-order chi connectivity index (χ0) is 72.4. The Morgan fingerprint density at radius 1 is 0.891 bits per heavy atom. The molecule has 5 fully saturated rings. The number of nitrogens with zero attached hydrogens (tertiary/aromatic N) is 8. The van der Waals surface area contributed by atoms with Gasteiger partial charge in [-0.2, -0.15) is 5.10 Å². The van der Waals surface area contributed by atoms with E-state index in [2.05, 4.69) is 55.5 Å². The number of thiazole rings is 1. The highest BCUT2D eigenvalue weighted by atomic mass is 32.1. The SMILES string of the molecule is CNCc1cc(NC(=O)[C@H](CCCNC(N)=O)NC(=O)[C@@H](NC(=O)OC(C)(C)C)C(C)C)ccc1COC(=O)N(CCOC12CC3(C)CC(C)(CC(Cn4ncc(-c5ccc(N6CCCc7c6nnc(Nc6nc8ccccc8s6)c7C)nc5C(=O)O)c4C)(C3)C1)C2)CC[C@H]1COC(C)(C)O1. The van der Waals surface area contributed by atoms with Gasteiger partial charge in [-0.15, -0.1) is 10.2 Å². The number of nitrogens with one attached hydrogen (secondary N) is 6. The number of hydrogen-bond donors (Lipinski definition) is 8. The highest BCUT2D eigenvalue weighted by molar-refractivity contribution is 7.22. The van der Waals surface area contributed by atoms with Crippen molar-refractivity contribution in [3.63, 3.8) is 0 Å². The molecule has 6 heterocycles. The first-order chi connectivity index (χ1) is 47.8. The van der Waals surface area contributed by atoms with Gasteiger partial charge in [0.25, 0.3) is 0 Å². The number of carbonyl (C=O) groups excluding carboxylic acids is 5. The smallest absolute Gasteiger partial charge is 0.410 e. The Labute approximate surface area is 593 Å². The number of fused-ring (bicyclic) bond motifs is 2. The van der Waals surface area contributed by atoms with Crippen LogP contribution in [-0.4, -0.2) is 158 Å². The first-order valence-electron chi connectivity index (χ1n) is 35.1. The zero-order valence-corrected chi connectivity index (χ0v) is 61.0. The van der Waals surface area contributed by atoms with Crippen LogP contribution in [0.2, 0.25) is 0 Å². The molecule has 0 radical (unpaired) electrons. The van der Waals surface area contributed by atoms with Crippen molar-refractivity contribution in [3.8, 4) is 11.1 Å². The second-order valence-electron chi connectivity index (χ2n) is 30.9. The van der Waals surface area contributed by atoms with Gasteiger partial charge < -0.3 is 76.2 Å². The molecule has 2 aromatic carbocycles. The average Bonchev–Trinajstić information content (AvgIpc) is 0.727. The van der Waals surface area contributed by atoms with E-state index in [0.29, 0.717) is 85.5 Å². The van der Waals surface area contributed by atoms with Crippen LogP contribution in [0.25, 0.3) is 21.3 Å². The molecule has 4 bridgehead atoms. The number of rotatable bonds is 28. The van der Waals surface area contributed by atoms with E-state index >= 15 is 0 Å². The van der Waals surface area contributed by atoms with Gasteiger partial charge in [-0.25, -0.2) is 29.1 Å². The maximum Gasteiger partial charge on any atom is 0.410 e. The summed E-state index contributed by atoms with van der Waals surface area (Å²) in [6.45, 7) is 24.0. The normalized spacial score (nSPS) is 22.5. The third kappa shape index (κ3) is 17.5. The van der Waals surface area contributed by atoms with E-state index in [9.17, 15) is 33.9 Å². The summed E-state index contributed by atoms with van der Waals surface area (Å²) in [5, 5.41) is 43.3. The maximum absolute atomic E-state index is 14.5. The molecular formula is C73H99N15O12S. The second-order valence-corrected chi connectivity index (χ2v) is 31.9. The molecule has 0 spiro atoms. The van der Waals surface area contributed by atoms with Gasteiger partial charge in [0.1, 0.15) is 30.1 Å². The van der Waals surface area contributed by atoms with Gasteiger partial charge in [-0.1, -0.05) is 57.2 Å². The largest absolute Gasteiger partial charge is 0.476 e. The van der Waals surface area contributed by atoms with Crippen molar-refractivity contribution in [3.05, 3.63) is 94.4 Å². The molecule has 6 amide bonds. The lowest BCUT2D eigenvalue weighted by Crippen LogP contribution is -2.64. The number of nitrogens with two attached hydrogens (primary N) is 1. The number of amides is 6. The molecule has 101 heavy (non-hydrogen) atoms. The average molecular weight is 1410 g/mol. The van der Waals surface area contributed by atoms with E-state index < -0.39 is 65.1 Å². The lowest BCUT2D eigenvalue weighted by atomic mass is 9.39. The van der Waals surface area contributed by atoms with Crippen molar-refractivity contribution in [2.24, 2.45) is 27.9 Å². The third-order valence-electron chi connectivity index (χ3n) is 20.0. The van der Waals surface area contributed by atoms with Gasteiger partial charge in [0.2, 0.25) is 11.8 Å². The lowest BCUT2D eigenvalue weighted by molar-refractivity contribution is -0.248. The number of hydrogen-bond acceptors (Lipinski definition) is 20. The van der Waals surface area contributed by atoms with E-state index in [0.717, 1.165) is 89.1 Å². The van der Waals surface area contributed by atoms with Crippen LogP contribution < -0.4 is 42.5 Å². The van der Waals surface area contributed by atoms with Crippen LogP contribution in [0.15, 0.2) is 60.8 Å². The van der Waals surface area contributed by atoms with E-state index in [1.165, 1.54) is 0 Å².